The number of rotatable bonds is 10. The molecular weight excluding hydrogens is 436 g/mol. The van der Waals surface area contributed by atoms with Crippen LogP contribution in [0, 0.1) is 11.3 Å². The third-order valence-electron chi connectivity index (χ3n) is 6.21. The molecule has 2 aromatic carbocycles. The molecule has 0 fully saturated rings. The van der Waals surface area contributed by atoms with E-state index < -0.39 is 6.04 Å². The van der Waals surface area contributed by atoms with Crippen LogP contribution in [0.4, 0.5) is 0 Å². The van der Waals surface area contributed by atoms with Gasteiger partial charge in [0, 0.05) is 24.7 Å². The maximum Gasteiger partial charge on any atom is 0.188 e. The SMILES string of the molecule is CCCC(=O)c1ccc2c(C(=O)C(NCC(C)c3ccc(C#N)cc3)c3ccccc3)cnn2c1. The summed E-state index contributed by atoms with van der Waals surface area (Å²) in [6.07, 6.45) is 4.54. The molecule has 4 rings (SSSR count). The molecule has 35 heavy (non-hydrogen) atoms. The van der Waals surface area contributed by atoms with Crippen molar-refractivity contribution < 1.29 is 9.59 Å². The van der Waals surface area contributed by atoms with Crippen LogP contribution in [0.5, 0.6) is 0 Å². The van der Waals surface area contributed by atoms with Crippen molar-refractivity contribution in [1.82, 2.24) is 14.9 Å². The molecule has 2 heterocycles. The molecular formula is C29H28N4O2. The summed E-state index contributed by atoms with van der Waals surface area (Å²) in [5.74, 6) is 0.127. The summed E-state index contributed by atoms with van der Waals surface area (Å²) >= 11 is 0. The molecule has 6 nitrogen and oxygen atoms in total. The maximum absolute atomic E-state index is 13.8. The summed E-state index contributed by atoms with van der Waals surface area (Å²) in [5, 5.41) is 16.9. The molecule has 0 saturated heterocycles. The zero-order valence-electron chi connectivity index (χ0n) is 19.9. The highest BCUT2D eigenvalue weighted by atomic mass is 16.1. The maximum atomic E-state index is 13.8. The Hall–Kier alpha value is -4.08. The van der Waals surface area contributed by atoms with Gasteiger partial charge in [0.15, 0.2) is 11.6 Å². The second-order valence-corrected chi connectivity index (χ2v) is 8.73. The molecule has 0 amide bonds. The standard InChI is InChI=1S/C29H28N4O2/c1-3-7-27(34)24-14-15-26-25(18-32-33(26)19-24)29(35)28(23-8-5-4-6-9-23)31-17-20(2)22-12-10-21(16-30)11-13-22/h4-6,8-15,18-20,28,31H,3,7,17H2,1-2H3. The first-order valence-corrected chi connectivity index (χ1v) is 11.8. The van der Waals surface area contributed by atoms with Crippen LogP contribution < -0.4 is 5.32 Å². The van der Waals surface area contributed by atoms with E-state index in [4.69, 9.17) is 5.26 Å². The Kier molecular flexibility index (Phi) is 7.49. The lowest BCUT2D eigenvalue weighted by atomic mass is 9.95. The first kappa shape index (κ1) is 24.1. The van der Waals surface area contributed by atoms with Gasteiger partial charge in [0.1, 0.15) is 0 Å². The predicted molar refractivity (Wildman–Crippen MR) is 136 cm³/mol. The van der Waals surface area contributed by atoms with Gasteiger partial charge in [-0.15, -0.1) is 0 Å². The topological polar surface area (TPSA) is 87.3 Å². The van der Waals surface area contributed by atoms with Gasteiger partial charge in [0.25, 0.3) is 0 Å². The molecule has 2 aromatic heterocycles. The van der Waals surface area contributed by atoms with Crippen molar-refractivity contribution in [3.63, 3.8) is 0 Å². The van der Waals surface area contributed by atoms with Crippen molar-refractivity contribution in [2.75, 3.05) is 6.54 Å². The van der Waals surface area contributed by atoms with Crippen LogP contribution in [0.3, 0.4) is 0 Å². The van der Waals surface area contributed by atoms with Gasteiger partial charge in [-0.25, -0.2) is 4.52 Å². The number of nitrogens with one attached hydrogen (secondary N) is 1. The minimum absolute atomic E-state index is 0.0680. The number of hydrogen-bond acceptors (Lipinski definition) is 5. The Bertz CT molecular complexity index is 1370. The zero-order chi connectivity index (χ0) is 24.8. The fourth-order valence-electron chi connectivity index (χ4n) is 4.17. The number of nitrogens with zero attached hydrogens (tertiary/aromatic N) is 3. The lowest BCUT2D eigenvalue weighted by Crippen LogP contribution is -2.31. The van der Waals surface area contributed by atoms with Crippen LogP contribution in [0.2, 0.25) is 0 Å². The summed E-state index contributed by atoms with van der Waals surface area (Å²) in [4.78, 5) is 26.0. The number of aromatic nitrogens is 2. The molecule has 0 aliphatic heterocycles. The number of carbonyl (C=O) groups excluding carboxylic acids is 2. The van der Waals surface area contributed by atoms with E-state index in [9.17, 15) is 9.59 Å². The molecule has 4 aromatic rings. The Labute approximate surface area is 205 Å². The zero-order valence-corrected chi connectivity index (χ0v) is 19.9. The van der Waals surface area contributed by atoms with E-state index in [0.717, 1.165) is 17.5 Å². The van der Waals surface area contributed by atoms with Crippen LogP contribution in [-0.2, 0) is 0 Å². The Morgan fingerprint density at radius 1 is 1.03 bits per heavy atom. The van der Waals surface area contributed by atoms with Crippen molar-refractivity contribution in [3.05, 3.63) is 107 Å². The molecule has 0 spiro atoms. The van der Waals surface area contributed by atoms with Gasteiger partial charge < -0.3 is 5.32 Å². The molecule has 6 heteroatoms. The van der Waals surface area contributed by atoms with E-state index in [1.54, 1.807) is 29.0 Å². The molecule has 0 aliphatic carbocycles. The molecule has 0 bridgehead atoms. The van der Waals surface area contributed by atoms with Crippen molar-refractivity contribution in [3.8, 4) is 6.07 Å². The summed E-state index contributed by atoms with van der Waals surface area (Å²) in [6, 6.07) is 22.3. The summed E-state index contributed by atoms with van der Waals surface area (Å²) in [6.45, 7) is 4.64. The van der Waals surface area contributed by atoms with Gasteiger partial charge in [-0.05, 0) is 47.7 Å². The predicted octanol–water partition coefficient (Wildman–Crippen LogP) is 5.51. The van der Waals surface area contributed by atoms with E-state index in [1.165, 1.54) is 0 Å². The van der Waals surface area contributed by atoms with Crippen LogP contribution in [0.25, 0.3) is 5.52 Å². The summed E-state index contributed by atoms with van der Waals surface area (Å²) in [5.41, 5.74) is 4.36. The fraction of sp³-hybridized carbons (Fsp3) is 0.241. The van der Waals surface area contributed by atoms with E-state index >= 15 is 0 Å². The number of benzene rings is 2. The van der Waals surface area contributed by atoms with Crippen LogP contribution >= 0.6 is 0 Å². The summed E-state index contributed by atoms with van der Waals surface area (Å²) < 4.78 is 1.61. The third-order valence-corrected chi connectivity index (χ3v) is 6.21. The van der Waals surface area contributed by atoms with Crippen molar-refractivity contribution in [2.45, 2.75) is 38.6 Å². The van der Waals surface area contributed by atoms with Crippen molar-refractivity contribution in [2.24, 2.45) is 0 Å². The smallest absolute Gasteiger partial charge is 0.188 e. The fourth-order valence-corrected chi connectivity index (χ4v) is 4.17. The first-order valence-electron chi connectivity index (χ1n) is 11.8. The average molecular weight is 465 g/mol. The molecule has 176 valence electrons. The van der Waals surface area contributed by atoms with Gasteiger partial charge in [-0.3, -0.25) is 9.59 Å². The largest absolute Gasteiger partial charge is 0.303 e. The second kappa shape index (κ2) is 10.9. The number of Topliss-reactive ketones (excluding diaryl/α,β-unsaturated/α-hetero) is 2. The Balaban J connectivity index is 1.59. The molecule has 2 unspecified atom stereocenters. The van der Waals surface area contributed by atoms with Crippen molar-refractivity contribution >= 4 is 17.1 Å². The van der Waals surface area contributed by atoms with Crippen LogP contribution in [0.15, 0.2) is 79.1 Å². The molecule has 0 radical (unpaired) electrons. The monoisotopic (exact) mass is 464 g/mol. The number of hydrogen-bond donors (Lipinski definition) is 1. The summed E-state index contributed by atoms with van der Waals surface area (Å²) in [7, 11) is 0. The van der Waals surface area contributed by atoms with E-state index in [2.05, 4.69) is 23.4 Å². The first-order chi connectivity index (χ1) is 17.0. The highest BCUT2D eigenvalue weighted by Gasteiger charge is 2.25. The number of ketones is 2. The second-order valence-electron chi connectivity index (χ2n) is 8.73. The molecule has 0 saturated carbocycles. The van der Waals surface area contributed by atoms with Gasteiger partial charge in [0.2, 0.25) is 0 Å². The number of pyridine rings is 1. The lowest BCUT2D eigenvalue weighted by molar-refractivity contribution is 0.0942. The van der Waals surface area contributed by atoms with Crippen LogP contribution in [0.1, 0.15) is 76.1 Å². The van der Waals surface area contributed by atoms with Gasteiger partial charge in [-0.2, -0.15) is 10.4 Å². The number of fused-ring (bicyclic) bond motifs is 1. The average Bonchev–Trinajstić information content (AvgIpc) is 3.32. The van der Waals surface area contributed by atoms with Crippen molar-refractivity contribution in [1.29, 1.82) is 5.26 Å². The minimum Gasteiger partial charge on any atom is -0.303 e. The van der Waals surface area contributed by atoms with E-state index in [0.29, 0.717) is 35.2 Å². The number of nitriles is 1. The highest BCUT2D eigenvalue weighted by Crippen LogP contribution is 2.24. The van der Waals surface area contributed by atoms with Gasteiger partial charge in [-0.1, -0.05) is 56.3 Å². The Morgan fingerprint density at radius 2 is 1.77 bits per heavy atom. The Morgan fingerprint density at radius 3 is 2.46 bits per heavy atom. The minimum atomic E-state index is -0.550. The van der Waals surface area contributed by atoms with E-state index in [-0.39, 0.29) is 17.5 Å². The molecule has 2 atom stereocenters. The quantitative estimate of drug-likeness (QED) is 0.313. The van der Waals surface area contributed by atoms with Gasteiger partial charge in [0.05, 0.1) is 35.0 Å². The van der Waals surface area contributed by atoms with Gasteiger partial charge >= 0.3 is 0 Å². The number of carbonyl (C=O) groups is 2. The van der Waals surface area contributed by atoms with E-state index in [1.807, 2.05) is 61.5 Å². The third kappa shape index (κ3) is 5.37. The molecule has 1 N–H and O–H groups in total. The van der Waals surface area contributed by atoms with Crippen LogP contribution in [-0.4, -0.2) is 27.7 Å². The lowest BCUT2D eigenvalue weighted by Gasteiger charge is -2.21. The molecule has 0 aliphatic rings. The normalized spacial score (nSPS) is 12.7. The highest BCUT2D eigenvalue weighted by molar-refractivity contribution is 6.06.